The summed E-state index contributed by atoms with van der Waals surface area (Å²) in [5.41, 5.74) is 3.24. The van der Waals surface area contributed by atoms with Crippen LogP contribution in [0.5, 0.6) is 0 Å². The Bertz CT molecular complexity index is 1070. The second kappa shape index (κ2) is 7.74. The Morgan fingerprint density at radius 3 is 2.72 bits per heavy atom. The van der Waals surface area contributed by atoms with Gasteiger partial charge < -0.3 is 0 Å². The molecule has 2 aliphatic rings. The maximum absolute atomic E-state index is 12.3. The van der Waals surface area contributed by atoms with Gasteiger partial charge in [-0.15, -0.1) is 0 Å². The average molecular weight is 408 g/mol. The summed E-state index contributed by atoms with van der Waals surface area (Å²) in [7, 11) is -3.19. The molecule has 2 aromatic rings. The van der Waals surface area contributed by atoms with Crippen LogP contribution < -0.4 is 4.72 Å². The summed E-state index contributed by atoms with van der Waals surface area (Å²) in [6.45, 7) is 4.89. The minimum atomic E-state index is -3.19. The van der Waals surface area contributed by atoms with Gasteiger partial charge in [-0.25, -0.2) is 13.1 Å². The lowest BCUT2D eigenvalue weighted by Crippen LogP contribution is -2.40. The van der Waals surface area contributed by atoms with Crippen LogP contribution in [-0.2, 0) is 10.0 Å². The Balaban J connectivity index is 1.56. The molecule has 0 unspecified atom stereocenters. The Morgan fingerprint density at radius 2 is 2.00 bits per heavy atom. The lowest BCUT2D eigenvalue weighted by molar-refractivity contribution is 0.163. The van der Waals surface area contributed by atoms with Gasteiger partial charge in [0.15, 0.2) is 0 Å². The summed E-state index contributed by atoms with van der Waals surface area (Å²) in [6.07, 6.45) is 6.66. The van der Waals surface area contributed by atoms with Crippen molar-refractivity contribution in [1.29, 1.82) is 5.26 Å². The zero-order chi connectivity index (χ0) is 20.6. The van der Waals surface area contributed by atoms with Crippen molar-refractivity contribution in [1.82, 2.24) is 9.71 Å². The zero-order valence-electron chi connectivity index (χ0n) is 16.6. The zero-order valence-corrected chi connectivity index (χ0v) is 17.4. The standard InChI is InChI=1S/C23H25N3O2S/c1-15-11-23-22(14-26-29(23,27)28)20(16(15)2)10-9-19-8-7-18(13-25-19)21-6-4-3-5-17(21)12-24/h3-10,13,15-16,20,22-23,26H,11,14H2,1-2H3/b10-9+/t15-,16+,20-,22-,23+/m0/s1. The van der Waals surface area contributed by atoms with E-state index in [2.05, 4.69) is 35.7 Å². The molecule has 1 aliphatic heterocycles. The van der Waals surface area contributed by atoms with E-state index in [9.17, 15) is 13.7 Å². The van der Waals surface area contributed by atoms with Gasteiger partial charge in [-0.1, -0.05) is 44.2 Å². The summed E-state index contributed by atoms with van der Waals surface area (Å²) in [5.74, 6) is 1.10. The number of rotatable bonds is 3. The number of fused-ring (bicyclic) bond motifs is 1. The molecule has 1 aromatic heterocycles. The van der Waals surface area contributed by atoms with E-state index in [0.717, 1.165) is 23.2 Å². The molecule has 0 radical (unpaired) electrons. The van der Waals surface area contributed by atoms with E-state index in [1.165, 1.54) is 0 Å². The van der Waals surface area contributed by atoms with E-state index >= 15 is 0 Å². The van der Waals surface area contributed by atoms with Crippen molar-refractivity contribution in [3.8, 4) is 17.2 Å². The first-order chi connectivity index (χ1) is 13.9. The van der Waals surface area contributed by atoms with Gasteiger partial charge in [0, 0.05) is 23.9 Å². The fourth-order valence-electron chi connectivity index (χ4n) is 4.74. The number of aromatic nitrogens is 1. The number of hydrogen-bond donors (Lipinski definition) is 1. The Labute approximate surface area is 172 Å². The highest BCUT2D eigenvalue weighted by Gasteiger charge is 2.49. The van der Waals surface area contributed by atoms with Crippen molar-refractivity contribution in [2.45, 2.75) is 25.5 Å². The molecule has 1 aliphatic carbocycles. The molecule has 1 saturated carbocycles. The van der Waals surface area contributed by atoms with Crippen molar-refractivity contribution in [3.05, 3.63) is 59.9 Å². The molecule has 2 fully saturated rings. The van der Waals surface area contributed by atoms with Crippen LogP contribution in [0.2, 0.25) is 0 Å². The van der Waals surface area contributed by atoms with E-state index < -0.39 is 10.0 Å². The lowest BCUT2D eigenvalue weighted by Gasteiger charge is -2.39. The number of allylic oxidation sites excluding steroid dienone is 1. The van der Waals surface area contributed by atoms with Crippen LogP contribution in [0.25, 0.3) is 17.2 Å². The van der Waals surface area contributed by atoms with Gasteiger partial charge in [0.25, 0.3) is 0 Å². The third-order valence-electron chi connectivity index (χ3n) is 6.63. The second-order valence-electron chi connectivity index (χ2n) is 8.23. The highest BCUT2D eigenvalue weighted by molar-refractivity contribution is 7.90. The molecule has 0 bridgehead atoms. The molecule has 1 aromatic carbocycles. The third-order valence-corrected chi connectivity index (χ3v) is 8.54. The van der Waals surface area contributed by atoms with E-state index in [1.807, 2.05) is 36.4 Å². The molecular formula is C23H25N3O2S. The minimum Gasteiger partial charge on any atom is -0.256 e. The predicted octanol–water partition coefficient (Wildman–Crippen LogP) is 3.84. The number of nitriles is 1. The van der Waals surface area contributed by atoms with Crippen molar-refractivity contribution in [2.24, 2.45) is 23.7 Å². The summed E-state index contributed by atoms with van der Waals surface area (Å²) in [4.78, 5) is 4.54. The normalized spacial score (nSPS) is 30.7. The molecular weight excluding hydrogens is 382 g/mol. The van der Waals surface area contributed by atoms with Gasteiger partial charge in [0.05, 0.1) is 22.6 Å². The third kappa shape index (κ3) is 3.73. The highest BCUT2D eigenvalue weighted by Crippen LogP contribution is 2.44. The number of benzene rings is 1. The lowest BCUT2D eigenvalue weighted by atomic mass is 9.67. The molecule has 5 atom stereocenters. The summed E-state index contributed by atoms with van der Waals surface area (Å²) >= 11 is 0. The molecule has 2 heterocycles. The van der Waals surface area contributed by atoms with Crippen LogP contribution in [0, 0.1) is 35.0 Å². The molecule has 5 nitrogen and oxygen atoms in total. The quantitative estimate of drug-likeness (QED) is 0.838. The fourth-order valence-corrected chi connectivity index (χ4v) is 6.67. The molecule has 0 spiro atoms. The van der Waals surface area contributed by atoms with Crippen LogP contribution >= 0.6 is 0 Å². The van der Waals surface area contributed by atoms with Gasteiger partial charge in [-0.3, -0.25) is 4.98 Å². The first-order valence-corrected chi connectivity index (χ1v) is 11.6. The fraction of sp³-hybridized carbons (Fsp3) is 0.391. The van der Waals surface area contributed by atoms with Crippen molar-refractivity contribution in [3.63, 3.8) is 0 Å². The maximum Gasteiger partial charge on any atom is 0.214 e. The first kappa shape index (κ1) is 19.8. The Hall–Kier alpha value is -2.49. The average Bonchev–Trinajstić information content (AvgIpc) is 3.03. The van der Waals surface area contributed by atoms with Crippen LogP contribution in [0.15, 0.2) is 48.7 Å². The molecule has 29 heavy (non-hydrogen) atoms. The van der Waals surface area contributed by atoms with E-state index in [4.69, 9.17) is 0 Å². The van der Waals surface area contributed by atoms with Crippen molar-refractivity contribution >= 4 is 16.1 Å². The van der Waals surface area contributed by atoms with Gasteiger partial charge in [-0.2, -0.15) is 5.26 Å². The molecule has 1 N–H and O–H groups in total. The maximum atomic E-state index is 12.3. The SMILES string of the molecule is C[C@H]1[C@H](/C=C/c2ccc(-c3ccccc3C#N)cn2)[C@@H]2CNS(=O)(=O)[C@@H]2C[C@@H]1C. The second-order valence-corrected chi connectivity index (χ2v) is 10.2. The van der Waals surface area contributed by atoms with Gasteiger partial charge in [0.2, 0.25) is 10.0 Å². The van der Waals surface area contributed by atoms with E-state index in [-0.39, 0.29) is 17.1 Å². The first-order valence-electron chi connectivity index (χ1n) is 10.0. The van der Waals surface area contributed by atoms with Crippen LogP contribution in [0.1, 0.15) is 31.5 Å². The van der Waals surface area contributed by atoms with Crippen LogP contribution in [0.4, 0.5) is 0 Å². The Morgan fingerprint density at radius 1 is 1.21 bits per heavy atom. The van der Waals surface area contributed by atoms with E-state index in [0.29, 0.717) is 23.9 Å². The number of nitrogens with one attached hydrogen (secondary N) is 1. The van der Waals surface area contributed by atoms with Gasteiger partial charge in [-0.05, 0) is 48.3 Å². The molecule has 6 heteroatoms. The topological polar surface area (TPSA) is 82.8 Å². The summed E-state index contributed by atoms with van der Waals surface area (Å²) in [6, 6.07) is 13.6. The molecule has 0 amide bonds. The van der Waals surface area contributed by atoms with Crippen LogP contribution in [-0.4, -0.2) is 25.2 Å². The number of nitrogens with zero attached hydrogens (tertiary/aromatic N) is 2. The predicted molar refractivity (Wildman–Crippen MR) is 114 cm³/mol. The molecule has 1 saturated heterocycles. The minimum absolute atomic E-state index is 0.115. The molecule has 4 rings (SSSR count). The smallest absolute Gasteiger partial charge is 0.214 e. The van der Waals surface area contributed by atoms with E-state index in [1.54, 1.807) is 12.3 Å². The number of sulfonamides is 1. The summed E-state index contributed by atoms with van der Waals surface area (Å²) in [5, 5.41) is 9.00. The van der Waals surface area contributed by atoms with Crippen molar-refractivity contribution in [2.75, 3.05) is 6.54 Å². The Kier molecular flexibility index (Phi) is 5.28. The highest BCUT2D eigenvalue weighted by atomic mass is 32.2. The number of pyridine rings is 1. The van der Waals surface area contributed by atoms with Crippen molar-refractivity contribution < 1.29 is 8.42 Å². The largest absolute Gasteiger partial charge is 0.256 e. The number of hydrogen-bond acceptors (Lipinski definition) is 4. The monoisotopic (exact) mass is 407 g/mol. The summed E-state index contributed by atoms with van der Waals surface area (Å²) < 4.78 is 27.4. The van der Waals surface area contributed by atoms with Gasteiger partial charge in [0.1, 0.15) is 0 Å². The van der Waals surface area contributed by atoms with Gasteiger partial charge >= 0.3 is 0 Å². The molecule has 150 valence electrons. The van der Waals surface area contributed by atoms with Crippen LogP contribution in [0.3, 0.4) is 0 Å².